The van der Waals surface area contributed by atoms with Crippen LogP contribution in [-0.2, 0) is 4.79 Å². The van der Waals surface area contributed by atoms with Crippen LogP contribution in [0.3, 0.4) is 0 Å². The van der Waals surface area contributed by atoms with Crippen molar-refractivity contribution >= 4 is 57.2 Å². The van der Waals surface area contributed by atoms with E-state index in [1.807, 2.05) is 43.3 Å². The number of nitrogens with one attached hydrogen (secondary N) is 1. The van der Waals surface area contributed by atoms with E-state index in [-0.39, 0.29) is 11.1 Å². The molecule has 0 bridgehead atoms. The molecule has 1 aliphatic rings. The number of nitrogens with zero attached hydrogens (tertiary/aromatic N) is 1. The SMILES string of the molecule is CCOc1ccc2ccccc2c1/C=C1\SC(=NC(=O)c2ccc(Cl)cc2)NC1=O. The molecule has 1 fully saturated rings. The fourth-order valence-corrected chi connectivity index (χ4v) is 3.99. The third kappa shape index (κ3) is 4.25. The molecular weight excluding hydrogens is 420 g/mol. The van der Waals surface area contributed by atoms with E-state index in [1.165, 1.54) is 0 Å². The molecule has 3 aromatic carbocycles. The number of thioether (sulfide) groups is 1. The largest absolute Gasteiger partial charge is 0.493 e. The van der Waals surface area contributed by atoms with Crippen LogP contribution in [-0.4, -0.2) is 23.6 Å². The number of aliphatic imine (C=N–C) groups is 1. The van der Waals surface area contributed by atoms with Crippen molar-refractivity contribution in [3.63, 3.8) is 0 Å². The Labute approximate surface area is 182 Å². The van der Waals surface area contributed by atoms with Gasteiger partial charge in [-0.3, -0.25) is 9.59 Å². The van der Waals surface area contributed by atoms with Crippen molar-refractivity contribution in [2.45, 2.75) is 6.92 Å². The van der Waals surface area contributed by atoms with Crippen molar-refractivity contribution < 1.29 is 14.3 Å². The van der Waals surface area contributed by atoms with Crippen LogP contribution in [0.25, 0.3) is 16.8 Å². The summed E-state index contributed by atoms with van der Waals surface area (Å²) in [6.07, 6.45) is 1.78. The van der Waals surface area contributed by atoms with Gasteiger partial charge in [0.15, 0.2) is 5.17 Å². The number of amidine groups is 1. The van der Waals surface area contributed by atoms with Gasteiger partial charge >= 0.3 is 0 Å². The lowest BCUT2D eigenvalue weighted by atomic mass is 10.0. The minimum Gasteiger partial charge on any atom is -0.493 e. The van der Waals surface area contributed by atoms with Gasteiger partial charge in [-0.05, 0) is 65.9 Å². The summed E-state index contributed by atoms with van der Waals surface area (Å²) in [5, 5.41) is 5.45. The zero-order chi connectivity index (χ0) is 21.1. The first-order chi connectivity index (χ1) is 14.5. The lowest BCUT2D eigenvalue weighted by Crippen LogP contribution is -2.20. The maximum atomic E-state index is 12.5. The predicted molar refractivity (Wildman–Crippen MR) is 122 cm³/mol. The van der Waals surface area contributed by atoms with Crippen molar-refractivity contribution in [2.24, 2.45) is 4.99 Å². The first kappa shape index (κ1) is 20.2. The number of amides is 2. The summed E-state index contributed by atoms with van der Waals surface area (Å²) in [6.45, 7) is 2.42. The topological polar surface area (TPSA) is 67.8 Å². The zero-order valence-electron chi connectivity index (χ0n) is 16.0. The first-order valence-corrected chi connectivity index (χ1v) is 10.5. The number of halogens is 1. The van der Waals surface area contributed by atoms with Gasteiger partial charge in [-0.2, -0.15) is 4.99 Å². The molecule has 1 heterocycles. The Morgan fingerprint density at radius 2 is 1.90 bits per heavy atom. The predicted octanol–water partition coefficient (Wildman–Crippen LogP) is 5.29. The Hall–Kier alpha value is -3.09. The van der Waals surface area contributed by atoms with Gasteiger partial charge in [0.25, 0.3) is 11.8 Å². The Kier molecular flexibility index (Phi) is 5.88. The monoisotopic (exact) mass is 436 g/mol. The van der Waals surface area contributed by atoms with Crippen LogP contribution in [0.5, 0.6) is 5.75 Å². The van der Waals surface area contributed by atoms with Gasteiger partial charge in [0.05, 0.1) is 11.5 Å². The third-order valence-electron chi connectivity index (χ3n) is 4.45. The number of rotatable bonds is 4. The number of fused-ring (bicyclic) bond motifs is 1. The number of ether oxygens (including phenoxy) is 1. The molecular formula is C23H17ClN2O3S. The highest BCUT2D eigenvalue weighted by Gasteiger charge is 2.25. The van der Waals surface area contributed by atoms with Crippen LogP contribution >= 0.6 is 23.4 Å². The molecule has 0 spiro atoms. The van der Waals surface area contributed by atoms with Crippen LogP contribution in [0.15, 0.2) is 70.6 Å². The average Bonchev–Trinajstić information content (AvgIpc) is 3.09. The summed E-state index contributed by atoms with van der Waals surface area (Å²) in [4.78, 5) is 29.3. The molecule has 0 aromatic heterocycles. The number of hydrogen-bond donors (Lipinski definition) is 1. The van der Waals surface area contributed by atoms with Crippen LogP contribution in [0.2, 0.25) is 5.02 Å². The van der Waals surface area contributed by atoms with E-state index in [1.54, 1.807) is 30.3 Å². The van der Waals surface area contributed by atoms with E-state index >= 15 is 0 Å². The van der Waals surface area contributed by atoms with E-state index in [4.69, 9.17) is 16.3 Å². The second kappa shape index (κ2) is 8.73. The Morgan fingerprint density at radius 3 is 2.67 bits per heavy atom. The second-order valence-corrected chi connectivity index (χ2v) is 7.89. The van der Waals surface area contributed by atoms with Crippen molar-refractivity contribution in [2.75, 3.05) is 6.61 Å². The van der Waals surface area contributed by atoms with Crippen LogP contribution in [0.1, 0.15) is 22.8 Å². The summed E-state index contributed by atoms with van der Waals surface area (Å²) in [5.41, 5.74) is 1.21. The maximum absolute atomic E-state index is 12.5. The quantitative estimate of drug-likeness (QED) is 0.564. The highest BCUT2D eigenvalue weighted by molar-refractivity contribution is 8.18. The van der Waals surface area contributed by atoms with E-state index in [9.17, 15) is 9.59 Å². The molecule has 7 heteroatoms. The molecule has 1 saturated heterocycles. The highest BCUT2D eigenvalue weighted by atomic mass is 35.5. The summed E-state index contributed by atoms with van der Waals surface area (Å²) >= 11 is 6.98. The summed E-state index contributed by atoms with van der Waals surface area (Å²) in [6, 6.07) is 18.2. The summed E-state index contributed by atoms with van der Waals surface area (Å²) in [5.74, 6) is -0.0614. The van der Waals surface area contributed by atoms with Gasteiger partial charge in [0.2, 0.25) is 0 Å². The molecule has 5 nitrogen and oxygen atoms in total. The van der Waals surface area contributed by atoms with E-state index < -0.39 is 5.91 Å². The first-order valence-electron chi connectivity index (χ1n) is 9.29. The minimum absolute atomic E-state index is 0.240. The third-order valence-corrected chi connectivity index (χ3v) is 5.61. The Bertz CT molecular complexity index is 1200. The van der Waals surface area contributed by atoms with Crippen molar-refractivity contribution in [3.05, 3.63) is 81.7 Å². The molecule has 3 aromatic rings. The number of hydrogen-bond acceptors (Lipinski definition) is 4. The zero-order valence-corrected chi connectivity index (χ0v) is 17.6. The Balaban J connectivity index is 1.67. The van der Waals surface area contributed by atoms with Gasteiger partial charge in [0.1, 0.15) is 5.75 Å². The lowest BCUT2D eigenvalue weighted by molar-refractivity contribution is -0.115. The molecule has 4 rings (SSSR count). The summed E-state index contributed by atoms with van der Waals surface area (Å²) in [7, 11) is 0. The fourth-order valence-electron chi connectivity index (χ4n) is 3.07. The summed E-state index contributed by atoms with van der Waals surface area (Å²) < 4.78 is 5.77. The van der Waals surface area contributed by atoms with Gasteiger partial charge < -0.3 is 10.1 Å². The average molecular weight is 437 g/mol. The smallest absolute Gasteiger partial charge is 0.279 e. The lowest BCUT2D eigenvalue weighted by Gasteiger charge is -2.11. The highest BCUT2D eigenvalue weighted by Crippen LogP contribution is 2.34. The van der Waals surface area contributed by atoms with Crippen molar-refractivity contribution in [3.8, 4) is 5.75 Å². The van der Waals surface area contributed by atoms with Crippen LogP contribution in [0, 0.1) is 0 Å². The van der Waals surface area contributed by atoms with Gasteiger partial charge in [-0.15, -0.1) is 0 Å². The molecule has 150 valence electrons. The number of carbonyl (C=O) groups excluding carboxylic acids is 2. The standard InChI is InChI=1S/C23H17ClN2O3S/c1-2-29-19-12-9-14-5-3-4-6-17(14)18(19)13-20-22(28)26-23(30-20)25-21(27)15-7-10-16(24)11-8-15/h3-13H,2H2,1H3,(H,25,26,27,28)/b20-13-. The van der Waals surface area contributed by atoms with E-state index in [0.717, 1.165) is 28.1 Å². The van der Waals surface area contributed by atoms with E-state index in [0.29, 0.717) is 27.8 Å². The molecule has 30 heavy (non-hydrogen) atoms. The van der Waals surface area contributed by atoms with Gasteiger partial charge in [0, 0.05) is 16.1 Å². The van der Waals surface area contributed by atoms with Gasteiger partial charge in [-0.25, -0.2) is 0 Å². The molecule has 0 unspecified atom stereocenters. The maximum Gasteiger partial charge on any atom is 0.279 e. The normalized spacial score (nSPS) is 16.3. The molecule has 1 N–H and O–H groups in total. The molecule has 0 radical (unpaired) electrons. The number of benzene rings is 3. The molecule has 0 atom stereocenters. The minimum atomic E-state index is -0.448. The second-order valence-electron chi connectivity index (χ2n) is 6.43. The van der Waals surface area contributed by atoms with Crippen molar-refractivity contribution in [1.82, 2.24) is 5.32 Å². The molecule has 0 aliphatic carbocycles. The van der Waals surface area contributed by atoms with Crippen LogP contribution < -0.4 is 10.1 Å². The van der Waals surface area contributed by atoms with Crippen LogP contribution in [0.4, 0.5) is 0 Å². The fraction of sp³-hybridized carbons (Fsp3) is 0.0870. The Morgan fingerprint density at radius 1 is 1.13 bits per heavy atom. The van der Waals surface area contributed by atoms with Gasteiger partial charge in [-0.1, -0.05) is 41.9 Å². The molecule has 0 saturated carbocycles. The molecule has 1 aliphatic heterocycles. The molecule has 2 amide bonds. The number of carbonyl (C=O) groups is 2. The van der Waals surface area contributed by atoms with Crippen molar-refractivity contribution in [1.29, 1.82) is 0 Å². The van der Waals surface area contributed by atoms with E-state index in [2.05, 4.69) is 10.3 Å².